The van der Waals surface area contributed by atoms with Gasteiger partial charge in [-0.1, -0.05) is 42.3 Å². The molecule has 92 valence electrons. The van der Waals surface area contributed by atoms with E-state index in [-0.39, 0.29) is 0 Å². The molecule has 0 radical (unpaired) electrons. The van der Waals surface area contributed by atoms with Gasteiger partial charge in [-0.15, -0.1) is 0 Å². The van der Waals surface area contributed by atoms with Crippen LogP contribution < -0.4 is 0 Å². The third-order valence-electron chi connectivity index (χ3n) is 2.66. The van der Waals surface area contributed by atoms with Crippen molar-refractivity contribution in [1.82, 2.24) is 9.78 Å². The summed E-state index contributed by atoms with van der Waals surface area (Å²) in [6, 6.07) is 9.56. The molecule has 5 heteroatoms. The first-order valence-corrected chi connectivity index (χ1v) is 6.31. The van der Waals surface area contributed by atoms with Crippen LogP contribution >= 0.6 is 23.2 Å². The fourth-order valence-electron chi connectivity index (χ4n) is 1.71. The number of hydrogen-bond acceptors (Lipinski definition) is 2. The lowest BCUT2D eigenvalue weighted by molar-refractivity contribution is 0.674. The number of hydrogen-bond donors (Lipinski definition) is 0. The van der Waals surface area contributed by atoms with Crippen LogP contribution in [0.5, 0.6) is 0 Å². The first-order valence-electron chi connectivity index (χ1n) is 5.55. The standard InChI is InChI=1S/C13H11Cl2N3/c1-2-12-11(7-16)13(15)18(17-12)8-9-3-5-10(14)6-4-9/h3-6H,2,8H2,1H3. The third-order valence-corrected chi connectivity index (χ3v) is 3.29. The highest BCUT2D eigenvalue weighted by molar-refractivity contribution is 6.31. The molecular formula is C13H11Cl2N3. The van der Waals surface area contributed by atoms with Crippen LogP contribution in [0.15, 0.2) is 24.3 Å². The van der Waals surface area contributed by atoms with Gasteiger partial charge in [-0.05, 0) is 24.1 Å². The highest BCUT2D eigenvalue weighted by Crippen LogP contribution is 2.21. The predicted molar refractivity (Wildman–Crippen MR) is 71.9 cm³/mol. The average Bonchev–Trinajstić information content (AvgIpc) is 2.68. The Hall–Kier alpha value is -1.50. The summed E-state index contributed by atoms with van der Waals surface area (Å²) in [6.07, 6.45) is 0.691. The van der Waals surface area contributed by atoms with Crippen molar-refractivity contribution in [2.24, 2.45) is 0 Å². The topological polar surface area (TPSA) is 41.6 Å². The van der Waals surface area contributed by atoms with Gasteiger partial charge in [0.25, 0.3) is 0 Å². The minimum atomic E-state index is 0.393. The van der Waals surface area contributed by atoms with Crippen molar-refractivity contribution >= 4 is 23.2 Å². The maximum absolute atomic E-state index is 9.04. The quantitative estimate of drug-likeness (QED) is 0.860. The summed E-state index contributed by atoms with van der Waals surface area (Å²) in [5, 5.41) is 14.5. The molecule has 0 saturated carbocycles. The van der Waals surface area contributed by atoms with E-state index in [2.05, 4.69) is 11.2 Å². The minimum absolute atomic E-state index is 0.393. The molecule has 0 unspecified atom stereocenters. The Kier molecular flexibility index (Phi) is 3.90. The minimum Gasteiger partial charge on any atom is -0.248 e. The van der Waals surface area contributed by atoms with Crippen molar-refractivity contribution in [2.75, 3.05) is 0 Å². The molecule has 2 rings (SSSR count). The molecule has 2 aromatic rings. The van der Waals surface area contributed by atoms with Gasteiger partial charge in [0.15, 0.2) is 0 Å². The van der Waals surface area contributed by atoms with Crippen LogP contribution in [0.1, 0.15) is 23.7 Å². The Morgan fingerprint density at radius 2 is 1.94 bits per heavy atom. The van der Waals surface area contributed by atoms with E-state index in [9.17, 15) is 0 Å². The lowest BCUT2D eigenvalue weighted by atomic mass is 10.2. The Morgan fingerprint density at radius 3 is 2.44 bits per heavy atom. The van der Waals surface area contributed by atoms with Gasteiger partial charge in [0.1, 0.15) is 16.8 Å². The zero-order valence-electron chi connectivity index (χ0n) is 9.82. The van der Waals surface area contributed by atoms with Crippen molar-refractivity contribution in [3.8, 4) is 6.07 Å². The Labute approximate surface area is 116 Å². The van der Waals surface area contributed by atoms with E-state index in [0.29, 0.717) is 28.7 Å². The lowest BCUT2D eigenvalue weighted by Crippen LogP contribution is -2.02. The van der Waals surface area contributed by atoms with E-state index < -0.39 is 0 Å². The van der Waals surface area contributed by atoms with E-state index in [0.717, 1.165) is 11.3 Å². The normalized spacial score (nSPS) is 10.3. The summed E-state index contributed by atoms with van der Waals surface area (Å²) < 4.78 is 1.64. The highest BCUT2D eigenvalue weighted by atomic mass is 35.5. The van der Waals surface area contributed by atoms with Gasteiger partial charge in [-0.3, -0.25) is 0 Å². The van der Waals surface area contributed by atoms with Crippen molar-refractivity contribution in [3.05, 3.63) is 51.3 Å². The fraction of sp³-hybridized carbons (Fsp3) is 0.231. The molecule has 0 saturated heterocycles. The van der Waals surface area contributed by atoms with Gasteiger partial charge in [0, 0.05) is 5.02 Å². The van der Waals surface area contributed by atoms with Gasteiger partial charge in [-0.2, -0.15) is 10.4 Å². The lowest BCUT2D eigenvalue weighted by Gasteiger charge is -2.03. The molecule has 18 heavy (non-hydrogen) atoms. The first kappa shape index (κ1) is 12.9. The van der Waals surface area contributed by atoms with E-state index in [4.69, 9.17) is 28.5 Å². The third kappa shape index (κ3) is 2.50. The second kappa shape index (κ2) is 5.43. The smallest absolute Gasteiger partial charge is 0.145 e. The fourth-order valence-corrected chi connectivity index (χ4v) is 2.09. The molecule has 0 amide bonds. The number of nitrogens with zero attached hydrogens (tertiary/aromatic N) is 3. The average molecular weight is 280 g/mol. The predicted octanol–water partition coefficient (Wildman–Crippen LogP) is 3.67. The number of halogens is 2. The Morgan fingerprint density at radius 1 is 1.28 bits per heavy atom. The number of rotatable bonds is 3. The van der Waals surface area contributed by atoms with Gasteiger partial charge < -0.3 is 0 Å². The molecule has 0 spiro atoms. The van der Waals surface area contributed by atoms with Crippen LogP contribution in [0.3, 0.4) is 0 Å². The molecule has 0 aliphatic heterocycles. The summed E-state index contributed by atoms with van der Waals surface area (Å²) in [5.74, 6) is 0. The molecule has 0 bridgehead atoms. The van der Waals surface area contributed by atoms with E-state index in [1.165, 1.54) is 0 Å². The van der Waals surface area contributed by atoms with E-state index in [1.54, 1.807) is 4.68 Å². The van der Waals surface area contributed by atoms with E-state index >= 15 is 0 Å². The SMILES string of the molecule is CCc1nn(Cc2ccc(Cl)cc2)c(Cl)c1C#N. The Balaban J connectivity index is 2.32. The molecule has 0 aliphatic rings. The monoisotopic (exact) mass is 279 g/mol. The number of benzene rings is 1. The van der Waals surface area contributed by atoms with E-state index in [1.807, 2.05) is 31.2 Å². The van der Waals surface area contributed by atoms with Crippen LogP contribution in [0.25, 0.3) is 0 Å². The molecule has 0 fully saturated rings. The first-order chi connectivity index (χ1) is 8.65. The van der Waals surface area contributed by atoms with Gasteiger partial charge in [0.2, 0.25) is 0 Å². The molecule has 0 atom stereocenters. The van der Waals surface area contributed by atoms with Crippen LogP contribution in [0, 0.1) is 11.3 Å². The maximum Gasteiger partial charge on any atom is 0.145 e. The summed E-state index contributed by atoms with van der Waals surface area (Å²) >= 11 is 12.0. The molecule has 3 nitrogen and oxygen atoms in total. The summed E-state index contributed by atoms with van der Waals surface area (Å²) in [7, 11) is 0. The van der Waals surface area contributed by atoms with Crippen molar-refractivity contribution in [2.45, 2.75) is 19.9 Å². The van der Waals surface area contributed by atoms with Crippen LogP contribution in [0.4, 0.5) is 0 Å². The summed E-state index contributed by atoms with van der Waals surface area (Å²) in [6.45, 7) is 2.48. The molecular weight excluding hydrogens is 269 g/mol. The number of nitriles is 1. The van der Waals surface area contributed by atoms with Gasteiger partial charge in [-0.25, -0.2) is 4.68 Å². The van der Waals surface area contributed by atoms with Gasteiger partial charge in [0.05, 0.1) is 12.2 Å². The van der Waals surface area contributed by atoms with Crippen LogP contribution in [-0.2, 0) is 13.0 Å². The zero-order valence-corrected chi connectivity index (χ0v) is 11.3. The Bertz CT molecular complexity index is 594. The van der Waals surface area contributed by atoms with Gasteiger partial charge >= 0.3 is 0 Å². The maximum atomic E-state index is 9.04. The summed E-state index contributed by atoms with van der Waals surface area (Å²) in [4.78, 5) is 0. The van der Waals surface area contributed by atoms with Crippen molar-refractivity contribution in [3.63, 3.8) is 0 Å². The molecule has 1 aromatic heterocycles. The zero-order chi connectivity index (χ0) is 13.1. The summed E-state index contributed by atoms with van der Waals surface area (Å²) in [5.41, 5.74) is 2.24. The van der Waals surface area contributed by atoms with Crippen LogP contribution in [0.2, 0.25) is 10.2 Å². The molecule has 1 aromatic carbocycles. The number of aromatic nitrogens is 2. The molecule has 0 aliphatic carbocycles. The van der Waals surface area contributed by atoms with Crippen LogP contribution in [-0.4, -0.2) is 9.78 Å². The largest absolute Gasteiger partial charge is 0.248 e. The highest BCUT2D eigenvalue weighted by Gasteiger charge is 2.14. The van der Waals surface area contributed by atoms with Crippen molar-refractivity contribution in [1.29, 1.82) is 5.26 Å². The molecule has 0 N–H and O–H groups in total. The number of aryl methyl sites for hydroxylation is 1. The molecule has 1 heterocycles. The van der Waals surface area contributed by atoms with Crippen molar-refractivity contribution < 1.29 is 0 Å². The second-order valence-electron chi connectivity index (χ2n) is 3.86. The second-order valence-corrected chi connectivity index (χ2v) is 4.66.